The van der Waals surface area contributed by atoms with Gasteiger partial charge in [-0.3, -0.25) is 9.69 Å². The minimum absolute atomic E-state index is 0.183. The quantitative estimate of drug-likeness (QED) is 0.702. The molecule has 0 aromatic rings. The van der Waals surface area contributed by atoms with Crippen LogP contribution in [0.3, 0.4) is 0 Å². The van der Waals surface area contributed by atoms with E-state index in [1.165, 1.54) is 12.8 Å². The summed E-state index contributed by atoms with van der Waals surface area (Å²) < 4.78 is 0. The summed E-state index contributed by atoms with van der Waals surface area (Å²) in [5, 5.41) is 8.98. The molecule has 1 N–H and O–H groups in total. The molecule has 74 valence electrons. The van der Waals surface area contributed by atoms with E-state index in [9.17, 15) is 4.79 Å². The van der Waals surface area contributed by atoms with E-state index in [0.29, 0.717) is 6.04 Å². The molecule has 1 atom stereocenters. The maximum absolute atomic E-state index is 10.9. The van der Waals surface area contributed by atoms with Crippen molar-refractivity contribution in [1.29, 1.82) is 0 Å². The van der Waals surface area contributed by atoms with Crippen LogP contribution in [0.4, 0.5) is 0 Å². The number of carboxylic acid groups (broad SMARTS) is 1. The Hall–Kier alpha value is -0.570. The monoisotopic (exact) mass is 183 g/mol. The molecule has 2 aliphatic rings. The van der Waals surface area contributed by atoms with Crippen LogP contribution in [0.2, 0.25) is 0 Å². The van der Waals surface area contributed by atoms with Crippen molar-refractivity contribution in [2.24, 2.45) is 5.92 Å². The number of rotatable bonds is 2. The number of aliphatic carboxylic acids is 1. The van der Waals surface area contributed by atoms with E-state index in [2.05, 4.69) is 11.8 Å². The topological polar surface area (TPSA) is 40.5 Å². The fourth-order valence-electron chi connectivity index (χ4n) is 2.62. The lowest BCUT2D eigenvalue weighted by Gasteiger charge is -2.41. The first kappa shape index (κ1) is 9.00. The summed E-state index contributed by atoms with van der Waals surface area (Å²) in [5.74, 6) is 0.178. The molecule has 1 aliphatic carbocycles. The molecule has 1 saturated heterocycles. The normalized spacial score (nSPS) is 40.2. The zero-order valence-corrected chi connectivity index (χ0v) is 8.07. The van der Waals surface area contributed by atoms with Crippen molar-refractivity contribution in [3.8, 4) is 0 Å². The van der Waals surface area contributed by atoms with Crippen LogP contribution >= 0.6 is 0 Å². The Kier molecular flexibility index (Phi) is 2.28. The van der Waals surface area contributed by atoms with Crippen molar-refractivity contribution < 1.29 is 9.90 Å². The number of nitrogens with zero attached hydrogens (tertiary/aromatic N) is 1. The minimum Gasteiger partial charge on any atom is -0.480 e. The number of carboxylic acids is 1. The van der Waals surface area contributed by atoms with E-state index in [0.717, 1.165) is 25.3 Å². The van der Waals surface area contributed by atoms with Gasteiger partial charge in [0, 0.05) is 6.04 Å². The zero-order valence-electron chi connectivity index (χ0n) is 8.07. The van der Waals surface area contributed by atoms with Gasteiger partial charge >= 0.3 is 5.97 Å². The van der Waals surface area contributed by atoms with Crippen LogP contribution in [-0.2, 0) is 4.79 Å². The van der Waals surface area contributed by atoms with E-state index in [1.807, 2.05) is 0 Å². The summed E-state index contributed by atoms with van der Waals surface area (Å²) in [7, 11) is 0. The standard InChI is InChI=1S/C10H17NO2/c1-7-5-8(6-7)11-4-2-3-9(11)10(12)13/h7-9H,2-6H2,1H3,(H,12,13). The van der Waals surface area contributed by atoms with Crippen LogP contribution in [0.15, 0.2) is 0 Å². The molecule has 1 saturated carbocycles. The fourth-order valence-corrected chi connectivity index (χ4v) is 2.62. The molecule has 0 amide bonds. The summed E-state index contributed by atoms with van der Waals surface area (Å²) in [5.41, 5.74) is 0. The molecular weight excluding hydrogens is 166 g/mol. The largest absolute Gasteiger partial charge is 0.480 e. The smallest absolute Gasteiger partial charge is 0.320 e. The molecular formula is C10H17NO2. The van der Waals surface area contributed by atoms with Gasteiger partial charge in [0.15, 0.2) is 0 Å². The molecule has 2 rings (SSSR count). The molecule has 0 radical (unpaired) electrons. The molecule has 2 fully saturated rings. The van der Waals surface area contributed by atoms with E-state index in [1.54, 1.807) is 0 Å². The van der Waals surface area contributed by atoms with Gasteiger partial charge in [-0.1, -0.05) is 6.92 Å². The molecule has 1 aliphatic heterocycles. The van der Waals surface area contributed by atoms with E-state index >= 15 is 0 Å². The highest BCUT2D eigenvalue weighted by atomic mass is 16.4. The summed E-state index contributed by atoms with van der Waals surface area (Å²) in [4.78, 5) is 13.1. The highest BCUT2D eigenvalue weighted by molar-refractivity contribution is 5.73. The summed E-state index contributed by atoms with van der Waals surface area (Å²) >= 11 is 0. The number of carbonyl (C=O) groups is 1. The highest BCUT2D eigenvalue weighted by Gasteiger charge is 2.39. The number of hydrogen-bond donors (Lipinski definition) is 1. The van der Waals surface area contributed by atoms with Gasteiger partial charge in [0.05, 0.1) is 0 Å². The van der Waals surface area contributed by atoms with Gasteiger partial charge in [0.2, 0.25) is 0 Å². The summed E-state index contributed by atoms with van der Waals surface area (Å²) in [6.45, 7) is 3.23. The van der Waals surface area contributed by atoms with Gasteiger partial charge in [0.1, 0.15) is 6.04 Å². The minimum atomic E-state index is -0.628. The van der Waals surface area contributed by atoms with Crippen molar-refractivity contribution in [1.82, 2.24) is 4.90 Å². The molecule has 0 spiro atoms. The van der Waals surface area contributed by atoms with Gasteiger partial charge in [-0.2, -0.15) is 0 Å². The third-order valence-electron chi connectivity index (χ3n) is 3.40. The predicted molar refractivity (Wildman–Crippen MR) is 49.5 cm³/mol. The maximum atomic E-state index is 10.9. The van der Waals surface area contributed by atoms with E-state index in [-0.39, 0.29) is 6.04 Å². The van der Waals surface area contributed by atoms with Crippen LogP contribution in [0.1, 0.15) is 32.6 Å². The molecule has 0 aromatic carbocycles. The Balaban J connectivity index is 1.94. The first-order chi connectivity index (χ1) is 6.18. The predicted octanol–water partition coefficient (Wildman–Crippen LogP) is 1.33. The van der Waals surface area contributed by atoms with Crippen LogP contribution in [0, 0.1) is 5.92 Å². The Morgan fingerprint density at radius 2 is 2.15 bits per heavy atom. The number of hydrogen-bond acceptors (Lipinski definition) is 2. The van der Waals surface area contributed by atoms with Crippen LogP contribution in [0.5, 0.6) is 0 Å². The zero-order chi connectivity index (χ0) is 9.42. The van der Waals surface area contributed by atoms with Crippen molar-refractivity contribution in [3.63, 3.8) is 0 Å². The first-order valence-electron chi connectivity index (χ1n) is 5.17. The lowest BCUT2D eigenvalue weighted by molar-refractivity contribution is -0.143. The fraction of sp³-hybridized carbons (Fsp3) is 0.900. The highest BCUT2D eigenvalue weighted by Crippen LogP contribution is 2.35. The first-order valence-corrected chi connectivity index (χ1v) is 5.17. The Labute approximate surface area is 78.7 Å². The average molecular weight is 183 g/mol. The maximum Gasteiger partial charge on any atom is 0.320 e. The molecule has 3 heteroatoms. The van der Waals surface area contributed by atoms with Crippen molar-refractivity contribution in [2.75, 3.05) is 6.54 Å². The lowest BCUT2D eigenvalue weighted by atomic mass is 9.80. The van der Waals surface area contributed by atoms with Gasteiger partial charge in [-0.25, -0.2) is 0 Å². The molecule has 0 aromatic heterocycles. The number of likely N-dealkylation sites (tertiary alicyclic amines) is 1. The summed E-state index contributed by atoms with van der Waals surface area (Å²) in [6, 6.07) is 0.385. The third-order valence-corrected chi connectivity index (χ3v) is 3.40. The van der Waals surface area contributed by atoms with Crippen LogP contribution in [0.25, 0.3) is 0 Å². The molecule has 3 nitrogen and oxygen atoms in total. The Morgan fingerprint density at radius 1 is 1.46 bits per heavy atom. The van der Waals surface area contributed by atoms with Crippen molar-refractivity contribution in [2.45, 2.75) is 44.7 Å². The Morgan fingerprint density at radius 3 is 2.69 bits per heavy atom. The van der Waals surface area contributed by atoms with Gasteiger partial charge in [-0.15, -0.1) is 0 Å². The van der Waals surface area contributed by atoms with Crippen LogP contribution < -0.4 is 0 Å². The average Bonchev–Trinajstić information content (AvgIpc) is 2.45. The van der Waals surface area contributed by atoms with Gasteiger partial charge in [-0.05, 0) is 38.1 Å². The van der Waals surface area contributed by atoms with Crippen molar-refractivity contribution >= 4 is 5.97 Å². The van der Waals surface area contributed by atoms with Gasteiger partial charge < -0.3 is 5.11 Å². The van der Waals surface area contributed by atoms with Crippen LogP contribution in [-0.4, -0.2) is 34.6 Å². The molecule has 0 bridgehead atoms. The second kappa shape index (κ2) is 3.29. The third kappa shape index (κ3) is 1.57. The lowest BCUT2D eigenvalue weighted by Crippen LogP contribution is -2.48. The Bertz CT molecular complexity index is 211. The summed E-state index contributed by atoms with van der Waals surface area (Å²) in [6.07, 6.45) is 4.30. The SMILES string of the molecule is CC1CC(N2CCCC2C(=O)O)C1. The van der Waals surface area contributed by atoms with E-state index in [4.69, 9.17) is 5.11 Å². The second-order valence-electron chi connectivity index (χ2n) is 4.46. The second-order valence-corrected chi connectivity index (χ2v) is 4.46. The molecule has 13 heavy (non-hydrogen) atoms. The van der Waals surface area contributed by atoms with Gasteiger partial charge in [0.25, 0.3) is 0 Å². The molecule has 1 unspecified atom stereocenters. The van der Waals surface area contributed by atoms with E-state index < -0.39 is 5.97 Å². The molecule has 1 heterocycles. The van der Waals surface area contributed by atoms with Crippen molar-refractivity contribution in [3.05, 3.63) is 0 Å².